The van der Waals surface area contributed by atoms with Crippen molar-refractivity contribution in [2.45, 2.75) is 19.8 Å². The first-order valence-electron chi connectivity index (χ1n) is 5.71. The van der Waals surface area contributed by atoms with Crippen molar-refractivity contribution >= 4 is 30.1 Å². The summed E-state index contributed by atoms with van der Waals surface area (Å²) >= 11 is 1.73. The largest absolute Gasteiger partial charge is 0.356 e. The molecule has 0 spiro atoms. The Morgan fingerprint density at radius 3 is 2.94 bits per heavy atom. The van der Waals surface area contributed by atoms with E-state index in [9.17, 15) is 4.79 Å². The highest BCUT2D eigenvalue weighted by Gasteiger charge is 2.15. The highest BCUT2D eigenvalue weighted by atomic mass is 35.5. The Balaban J connectivity index is 0.00000225. The lowest BCUT2D eigenvalue weighted by Crippen LogP contribution is -2.32. The van der Waals surface area contributed by atoms with Crippen LogP contribution >= 0.6 is 24.2 Å². The van der Waals surface area contributed by atoms with Crippen LogP contribution in [0.1, 0.15) is 19.8 Å². The average Bonchev–Trinajstić information content (AvgIpc) is 2.71. The van der Waals surface area contributed by atoms with Crippen LogP contribution in [0.15, 0.2) is 0 Å². The fourth-order valence-corrected chi connectivity index (χ4v) is 2.51. The lowest BCUT2D eigenvalue weighted by molar-refractivity contribution is -0.123. The summed E-state index contributed by atoms with van der Waals surface area (Å²) < 4.78 is 0. The van der Waals surface area contributed by atoms with E-state index in [1.807, 2.05) is 13.2 Å². The summed E-state index contributed by atoms with van der Waals surface area (Å²) in [4.78, 5) is 11.6. The zero-order valence-electron chi connectivity index (χ0n) is 10.1. The normalized spacial score (nSPS) is 21.2. The molecule has 0 radical (unpaired) electrons. The molecular weight excluding hydrogens is 244 g/mol. The second-order valence-electron chi connectivity index (χ2n) is 4.29. The molecular formula is C11H23ClN2OS. The zero-order valence-corrected chi connectivity index (χ0v) is 11.8. The zero-order chi connectivity index (χ0) is 11.1. The molecule has 1 fully saturated rings. The number of nitrogens with one attached hydrogen (secondary N) is 2. The maximum absolute atomic E-state index is 11.6. The molecule has 0 saturated carbocycles. The highest BCUT2D eigenvalue weighted by Crippen LogP contribution is 2.11. The number of rotatable bonds is 6. The first-order valence-corrected chi connectivity index (χ1v) is 7.10. The van der Waals surface area contributed by atoms with Gasteiger partial charge in [-0.25, -0.2) is 0 Å². The third-order valence-electron chi connectivity index (χ3n) is 2.88. The molecule has 2 unspecified atom stereocenters. The second-order valence-corrected chi connectivity index (χ2v) is 5.21. The summed E-state index contributed by atoms with van der Waals surface area (Å²) in [5.74, 6) is 2.02. The maximum atomic E-state index is 11.6. The Kier molecular flexibility index (Phi) is 9.18. The Hall–Kier alpha value is 0.0700. The van der Waals surface area contributed by atoms with Gasteiger partial charge in [-0.1, -0.05) is 6.92 Å². The van der Waals surface area contributed by atoms with E-state index in [1.54, 1.807) is 11.8 Å². The SMILES string of the molecule is CSCC(C)C(=O)NCCC1CCNC1.Cl. The van der Waals surface area contributed by atoms with Gasteiger partial charge in [-0.2, -0.15) is 11.8 Å². The van der Waals surface area contributed by atoms with Crippen molar-refractivity contribution in [3.05, 3.63) is 0 Å². The van der Waals surface area contributed by atoms with Crippen LogP contribution in [0, 0.1) is 11.8 Å². The molecule has 96 valence electrons. The molecule has 1 rings (SSSR count). The predicted molar refractivity (Wildman–Crippen MR) is 73.4 cm³/mol. The number of halogens is 1. The van der Waals surface area contributed by atoms with Gasteiger partial charge in [0.25, 0.3) is 0 Å². The van der Waals surface area contributed by atoms with Crippen molar-refractivity contribution in [3.63, 3.8) is 0 Å². The lowest BCUT2D eigenvalue weighted by Gasteiger charge is -2.12. The van der Waals surface area contributed by atoms with Crippen LogP contribution < -0.4 is 10.6 Å². The third kappa shape index (κ3) is 5.97. The number of hydrogen-bond donors (Lipinski definition) is 2. The smallest absolute Gasteiger partial charge is 0.223 e. The number of carbonyl (C=O) groups excluding carboxylic acids is 1. The fraction of sp³-hybridized carbons (Fsp3) is 0.909. The van der Waals surface area contributed by atoms with Gasteiger partial charge >= 0.3 is 0 Å². The van der Waals surface area contributed by atoms with Crippen LogP contribution in [0.25, 0.3) is 0 Å². The van der Waals surface area contributed by atoms with Gasteiger partial charge in [-0.05, 0) is 38.1 Å². The first-order chi connectivity index (χ1) is 7.24. The lowest BCUT2D eigenvalue weighted by atomic mass is 10.1. The van der Waals surface area contributed by atoms with Crippen LogP contribution in [0.2, 0.25) is 0 Å². The molecule has 1 aliphatic heterocycles. The molecule has 1 amide bonds. The summed E-state index contributed by atoms with van der Waals surface area (Å²) in [6, 6.07) is 0. The van der Waals surface area contributed by atoms with Gasteiger partial charge < -0.3 is 10.6 Å². The molecule has 0 aliphatic carbocycles. The number of thioether (sulfide) groups is 1. The molecule has 2 atom stereocenters. The molecule has 16 heavy (non-hydrogen) atoms. The topological polar surface area (TPSA) is 41.1 Å². The monoisotopic (exact) mass is 266 g/mol. The molecule has 2 N–H and O–H groups in total. The molecule has 1 aliphatic rings. The van der Waals surface area contributed by atoms with Gasteiger partial charge in [0.2, 0.25) is 5.91 Å². The number of hydrogen-bond acceptors (Lipinski definition) is 3. The first kappa shape index (κ1) is 16.1. The van der Waals surface area contributed by atoms with E-state index in [0.29, 0.717) is 0 Å². The fourth-order valence-electron chi connectivity index (χ4n) is 1.86. The summed E-state index contributed by atoms with van der Waals surface area (Å²) in [6.45, 7) is 5.09. The van der Waals surface area contributed by atoms with Crippen molar-refractivity contribution in [1.82, 2.24) is 10.6 Å². The van der Waals surface area contributed by atoms with Crippen LogP contribution in [0.3, 0.4) is 0 Å². The van der Waals surface area contributed by atoms with E-state index in [1.165, 1.54) is 6.42 Å². The van der Waals surface area contributed by atoms with Crippen LogP contribution in [0.4, 0.5) is 0 Å². The van der Waals surface area contributed by atoms with E-state index in [0.717, 1.165) is 37.7 Å². The van der Waals surface area contributed by atoms with Crippen molar-refractivity contribution < 1.29 is 4.79 Å². The van der Waals surface area contributed by atoms with Gasteiger partial charge in [-0.3, -0.25) is 4.79 Å². The minimum atomic E-state index is 0. The molecule has 5 heteroatoms. The van der Waals surface area contributed by atoms with E-state index >= 15 is 0 Å². The minimum Gasteiger partial charge on any atom is -0.356 e. The van der Waals surface area contributed by atoms with E-state index in [2.05, 4.69) is 10.6 Å². The Labute approximate surface area is 109 Å². The molecule has 1 heterocycles. The molecule has 1 saturated heterocycles. The minimum absolute atomic E-state index is 0. The second kappa shape index (κ2) is 9.14. The van der Waals surface area contributed by atoms with Crippen LogP contribution in [-0.4, -0.2) is 37.6 Å². The summed E-state index contributed by atoms with van der Waals surface area (Å²) in [7, 11) is 0. The molecule has 3 nitrogen and oxygen atoms in total. The summed E-state index contributed by atoms with van der Waals surface area (Å²) in [5.41, 5.74) is 0. The Morgan fingerprint density at radius 2 is 2.38 bits per heavy atom. The average molecular weight is 267 g/mol. The Morgan fingerprint density at radius 1 is 1.62 bits per heavy atom. The molecule has 0 bridgehead atoms. The quantitative estimate of drug-likeness (QED) is 0.766. The van der Waals surface area contributed by atoms with E-state index in [-0.39, 0.29) is 24.2 Å². The van der Waals surface area contributed by atoms with Gasteiger partial charge in [0.1, 0.15) is 0 Å². The van der Waals surface area contributed by atoms with Gasteiger partial charge in [0.05, 0.1) is 0 Å². The van der Waals surface area contributed by atoms with Crippen LogP contribution in [-0.2, 0) is 4.79 Å². The van der Waals surface area contributed by atoms with Gasteiger partial charge in [0, 0.05) is 18.2 Å². The van der Waals surface area contributed by atoms with E-state index < -0.39 is 0 Å². The maximum Gasteiger partial charge on any atom is 0.223 e. The number of carbonyl (C=O) groups is 1. The standard InChI is InChI=1S/C11H22N2OS.ClH/c1-9(8-15-2)11(14)13-6-4-10-3-5-12-7-10;/h9-10,12H,3-8H2,1-2H3,(H,13,14);1H. The van der Waals surface area contributed by atoms with Gasteiger partial charge in [-0.15, -0.1) is 12.4 Å². The molecule has 0 aromatic carbocycles. The highest BCUT2D eigenvalue weighted by molar-refractivity contribution is 7.98. The van der Waals surface area contributed by atoms with Gasteiger partial charge in [0.15, 0.2) is 0 Å². The summed E-state index contributed by atoms with van der Waals surface area (Å²) in [6.07, 6.45) is 4.41. The molecule has 0 aromatic heterocycles. The van der Waals surface area contributed by atoms with E-state index in [4.69, 9.17) is 0 Å². The Bertz CT molecular complexity index is 198. The third-order valence-corrected chi connectivity index (χ3v) is 3.71. The van der Waals surface area contributed by atoms with Crippen LogP contribution in [0.5, 0.6) is 0 Å². The van der Waals surface area contributed by atoms with Crippen molar-refractivity contribution in [2.75, 3.05) is 31.6 Å². The predicted octanol–water partition coefficient (Wildman–Crippen LogP) is 1.52. The van der Waals surface area contributed by atoms with Crippen molar-refractivity contribution in [1.29, 1.82) is 0 Å². The van der Waals surface area contributed by atoms with Crippen molar-refractivity contribution in [2.24, 2.45) is 11.8 Å². The van der Waals surface area contributed by atoms with Crippen molar-refractivity contribution in [3.8, 4) is 0 Å². The molecule has 0 aromatic rings. The summed E-state index contributed by atoms with van der Waals surface area (Å²) in [5, 5.41) is 6.35. The number of amides is 1.